The monoisotopic (exact) mass is 273 g/mol. The Morgan fingerprint density at radius 2 is 2.28 bits per heavy atom. The molecular weight excluding hydrogens is 258 g/mol. The van der Waals surface area contributed by atoms with Gasteiger partial charge in [-0.25, -0.2) is 9.59 Å². The molecule has 0 saturated carbocycles. The van der Waals surface area contributed by atoms with Crippen LogP contribution in [0.3, 0.4) is 0 Å². The molecule has 0 spiro atoms. The van der Waals surface area contributed by atoms with E-state index in [-0.39, 0.29) is 25.0 Å². The van der Waals surface area contributed by atoms with Gasteiger partial charge in [0.2, 0.25) is 5.91 Å². The Hall–Kier alpha value is -1.44. The number of urea groups is 1. The minimum Gasteiger partial charge on any atom is -0.480 e. The third kappa shape index (κ3) is 2.87. The van der Waals surface area contributed by atoms with Crippen LogP contribution < -0.4 is 10.6 Å². The van der Waals surface area contributed by atoms with Gasteiger partial charge in [-0.15, -0.1) is 0 Å². The second kappa shape index (κ2) is 5.47. The van der Waals surface area contributed by atoms with Crippen molar-refractivity contribution >= 4 is 29.7 Å². The Morgan fingerprint density at radius 1 is 1.50 bits per heavy atom. The van der Waals surface area contributed by atoms with Gasteiger partial charge in [-0.1, -0.05) is 0 Å². The SMILES string of the molecule is O=C1CN(C(=O)NC2CCSC2)C(C(=O)O)CN1. The first-order valence-corrected chi connectivity index (χ1v) is 6.88. The quantitative estimate of drug-likeness (QED) is 0.605. The van der Waals surface area contributed by atoms with Crippen molar-refractivity contribution in [2.24, 2.45) is 0 Å². The van der Waals surface area contributed by atoms with Crippen LogP contribution in [0, 0.1) is 0 Å². The molecule has 8 heteroatoms. The number of amides is 3. The van der Waals surface area contributed by atoms with Gasteiger partial charge in [-0.05, 0) is 12.2 Å². The topological polar surface area (TPSA) is 98.7 Å². The zero-order valence-electron chi connectivity index (χ0n) is 9.72. The lowest BCUT2D eigenvalue weighted by molar-refractivity contribution is -0.144. The van der Waals surface area contributed by atoms with E-state index in [1.54, 1.807) is 11.8 Å². The van der Waals surface area contributed by atoms with Crippen LogP contribution in [0.15, 0.2) is 0 Å². The van der Waals surface area contributed by atoms with E-state index in [0.717, 1.165) is 22.8 Å². The summed E-state index contributed by atoms with van der Waals surface area (Å²) < 4.78 is 0. The van der Waals surface area contributed by atoms with Crippen LogP contribution in [0.1, 0.15) is 6.42 Å². The van der Waals surface area contributed by atoms with Gasteiger partial charge < -0.3 is 15.7 Å². The number of aliphatic carboxylic acids is 1. The van der Waals surface area contributed by atoms with Gasteiger partial charge in [0.25, 0.3) is 0 Å². The van der Waals surface area contributed by atoms with Crippen molar-refractivity contribution in [2.75, 3.05) is 24.6 Å². The van der Waals surface area contributed by atoms with Crippen LogP contribution in [0.4, 0.5) is 4.79 Å². The summed E-state index contributed by atoms with van der Waals surface area (Å²) in [6, 6.07) is -1.39. The summed E-state index contributed by atoms with van der Waals surface area (Å²) in [7, 11) is 0. The zero-order chi connectivity index (χ0) is 13.1. The standard InChI is InChI=1S/C10H15N3O4S/c14-8-4-13(7(3-11-8)9(15)16)10(17)12-6-1-2-18-5-6/h6-7H,1-5H2,(H,11,14)(H,12,17)(H,15,16). The molecule has 100 valence electrons. The lowest BCUT2D eigenvalue weighted by atomic mass is 10.2. The number of nitrogens with zero attached hydrogens (tertiary/aromatic N) is 1. The summed E-state index contributed by atoms with van der Waals surface area (Å²) in [5.41, 5.74) is 0. The van der Waals surface area contributed by atoms with E-state index in [4.69, 9.17) is 5.11 Å². The molecule has 0 radical (unpaired) electrons. The molecule has 0 bridgehead atoms. The summed E-state index contributed by atoms with van der Waals surface area (Å²) >= 11 is 1.75. The minimum atomic E-state index is -1.11. The molecule has 2 fully saturated rings. The predicted octanol–water partition coefficient (Wildman–Crippen LogP) is -0.913. The summed E-state index contributed by atoms with van der Waals surface area (Å²) in [5.74, 6) is 0.395. The van der Waals surface area contributed by atoms with Gasteiger partial charge >= 0.3 is 12.0 Å². The molecule has 0 aromatic rings. The van der Waals surface area contributed by atoms with Gasteiger partial charge in [0.1, 0.15) is 12.6 Å². The van der Waals surface area contributed by atoms with Gasteiger partial charge in [0.15, 0.2) is 0 Å². The van der Waals surface area contributed by atoms with Crippen molar-refractivity contribution in [2.45, 2.75) is 18.5 Å². The van der Waals surface area contributed by atoms with Gasteiger partial charge in [0, 0.05) is 18.3 Å². The van der Waals surface area contributed by atoms with Crippen molar-refractivity contribution in [1.29, 1.82) is 0 Å². The highest BCUT2D eigenvalue weighted by atomic mass is 32.2. The molecular formula is C10H15N3O4S. The number of hydrogen-bond donors (Lipinski definition) is 3. The first kappa shape index (κ1) is 13.0. The van der Waals surface area contributed by atoms with Crippen molar-refractivity contribution in [3.63, 3.8) is 0 Å². The van der Waals surface area contributed by atoms with Gasteiger partial charge in [0.05, 0.1) is 0 Å². The van der Waals surface area contributed by atoms with E-state index in [0.29, 0.717) is 0 Å². The minimum absolute atomic E-state index is 0.0407. The molecule has 2 heterocycles. The van der Waals surface area contributed by atoms with Crippen molar-refractivity contribution in [1.82, 2.24) is 15.5 Å². The van der Waals surface area contributed by atoms with Crippen LogP contribution in [0.5, 0.6) is 0 Å². The Labute approximate surface area is 108 Å². The molecule has 18 heavy (non-hydrogen) atoms. The Kier molecular flexibility index (Phi) is 3.95. The van der Waals surface area contributed by atoms with Crippen LogP contribution >= 0.6 is 11.8 Å². The normalized spacial score (nSPS) is 27.8. The number of thioether (sulfide) groups is 1. The zero-order valence-corrected chi connectivity index (χ0v) is 10.5. The number of rotatable bonds is 2. The third-order valence-corrected chi connectivity index (χ3v) is 4.15. The average molecular weight is 273 g/mol. The van der Waals surface area contributed by atoms with Crippen LogP contribution in [-0.2, 0) is 9.59 Å². The molecule has 7 nitrogen and oxygen atoms in total. The molecule has 0 aromatic heterocycles. The maximum Gasteiger partial charge on any atom is 0.328 e. The molecule has 2 unspecified atom stereocenters. The average Bonchev–Trinajstić information content (AvgIpc) is 2.81. The number of carbonyl (C=O) groups is 3. The van der Waals surface area contributed by atoms with E-state index in [2.05, 4.69) is 10.6 Å². The maximum absolute atomic E-state index is 12.0. The first-order valence-electron chi connectivity index (χ1n) is 5.72. The van der Waals surface area contributed by atoms with E-state index in [1.807, 2.05) is 0 Å². The molecule has 2 atom stereocenters. The Bertz CT molecular complexity index is 370. The molecule has 0 aromatic carbocycles. The Balaban J connectivity index is 1.99. The lowest BCUT2D eigenvalue weighted by Gasteiger charge is -2.33. The van der Waals surface area contributed by atoms with Gasteiger partial charge in [-0.3, -0.25) is 9.69 Å². The summed E-state index contributed by atoms with van der Waals surface area (Å²) in [6.07, 6.45) is 0.883. The summed E-state index contributed by atoms with van der Waals surface area (Å²) in [6.45, 7) is -0.246. The smallest absolute Gasteiger partial charge is 0.328 e. The second-order valence-corrected chi connectivity index (χ2v) is 5.45. The fraction of sp³-hybridized carbons (Fsp3) is 0.700. The number of nitrogens with one attached hydrogen (secondary N) is 2. The number of carboxylic acids is 1. The van der Waals surface area contributed by atoms with Crippen LogP contribution in [0.2, 0.25) is 0 Å². The fourth-order valence-electron chi connectivity index (χ4n) is 1.98. The molecule has 3 amide bonds. The summed E-state index contributed by atoms with van der Waals surface area (Å²) in [4.78, 5) is 35.4. The predicted molar refractivity (Wildman–Crippen MR) is 65.4 cm³/mol. The van der Waals surface area contributed by atoms with E-state index >= 15 is 0 Å². The highest BCUT2D eigenvalue weighted by molar-refractivity contribution is 7.99. The molecule has 3 N–H and O–H groups in total. The third-order valence-electron chi connectivity index (χ3n) is 2.99. The molecule has 2 saturated heterocycles. The fourth-order valence-corrected chi connectivity index (χ4v) is 3.13. The van der Waals surface area contributed by atoms with Crippen molar-refractivity contribution in [3.8, 4) is 0 Å². The molecule has 0 aliphatic carbocycles. The number of piperazine rings is 1. The van der Waals surface area contributed by atoms with Crippen molar-refractivity contribution < 1.29 is 19.5 Å². The number of carboxylic acid groups (broad SMARTS) is 1. The summed E-state index contributed by atoms with van der Waals surface area (Å²) in [5, 5.41) is 14.3. The Morgan fingerprint density at radius 3 is 2.89 bits per heavy atom. The lowest BCUT2D eigenvalue weighted by Crippen LogP contribution is -2.62. The largest absolute Gasteiger partial charge is 0.480 e. The van der Waals surface area contributed by atoms with Gasteiger partial charge in [-0.2, -0.15) is 11.8 Å². The number of hydrogen-bond acceptors (Lipinski definition) is 4. The van der Waals surface area contributed by atoms with E-state index < -0.39 is 18.0 Å². The second-order valence-electron chi connectivity index (χ2n) is 4.30. The number of carbonyl (C=O) groups excluding carboxylic acids is 2. The van der Waals surface area contributed by atoms with Crippen molar-refractivity contribution in [3.05, 3.63) is 0 Å². The molecule has 2 rings (SSSR count). The van der Waals surface area contributed by atoms with Crippen LogP contribution in [0.25, 0.3) is 0 Å². The molecule has 2 aliphatic rings. The van der Waals surface area contributed by atoms with Crippen LogP contribution in [-0.4, -0.2) is 64.6 Å². The van der Waals surface area contributed by atoms with E-state index in [1.165, 1.54) is 0 Å². The highest BCUT2D eigenvalue weighted by Crippen LogP contribution is 2.17. The highest BCUT2D eigenvalue weighted by Gasteiger charge is 2.36. The first-order chi connectivity index (χ1) is 8.58. The van der Waals surface area contributed by atoms with E-state index in [9.17, 15) is 14.4 Å². The molecule has 2 aliphatic heterocycles. The maximum atomic E-state index is 12.0.